The maximum Gasteiger partial charge on any atom is 0.272 e. The molecule has 7 heteroatoms. The Labute approximate surface area is 141 Å². The Hall–Kier alpha value is -2.88. The third kappa shape index (κ3) is 3.08. The normalized spacial score (nSPS) is 15.1. The Kier molecular flexibility index (Phi) is 4.47. The van der Waals surface area contributed by atoms with Gasteiger partial charge in [-0.25, -0.2) is 9.97 Å². The third-order valence-corrected chi connectivity index (χ3v) is 4.57. The summed E-state index contributed by atoms with van der Waals surface area (Å²) < 4.78 is 1.74. The van der Waals surface area contributed by atoms with Gasteiger partial charge in [0.15, 0.2) is 0 Å². The van der Waals surface area contributed by atoms with Crippen molar-refractivity contribution in [2.45, 2.75) is 18.9 Å². The predicted molar refractivity (Wildman–Crippen MR) is 89.5 cm³/mol. The molecule has 1 saturated heterocycles. The molecular formula is C17H20N6O. The first-order valence-corrected chi connectivity index (χ1v) is 7.94. The number of hydrogen-bond acceptors (Lipinski definition) is 5. The Morgan fingerprint density at radius 2 is 2.08 bits per heavy atom. The molecule has 0 aliphatic carbocycles. The monoisotopic (exact) mass is 324 g/mol. The van der Waals surface area contributed by atoms with E-state index >= 15 is 0 Å². The molecule has 0 atom stereocenters. The van der Waals surface area contributed by atoms with Gasteiger partial charge < -0.3 is 14.4 Å². The van der Waals surface area contributed by atoms with Crippen molar-refractivity contribution in [1.82, 2.24) is 19.4 Å². The molecule has 0 aromatic carbocycles. The molecule has 0 unspecified atom stereocenters. The van der Waals surface area contributed by atoms with Gasteiger partial charge in [0.05, 0.1) is 18.1 Å². The molecule has 1 aliphatic rings. The summed E-state index contributed by atoms with van der Waals surface area (Å²) in [7, 11) is 3.68. The summed E-state index contributed by atoms with van der Waals surface area (Å²) in [6, 6.07) is 5.95. The summed E-state index contributed by atoms with van der Waals surface area (Å²) >= 11 is 0. The van der Waals surface area contributed by atoms with Gasteiger partial charge in [-0.05, 0) is 25.0 Å². The van der Waals surface area contributed by atoms with Crippen LogP contribution in [0.25, 0.3) is 0 Å². The number of nitriles is 1. The van der Waals surface area contributed by atoms with Gasteiger partial charge in [0.25, 0.3) is 5.91 Å². The predicted octanol–water partition coefficient (Wildman–Crippen LogP) is 1.43. The van der Waals surface area contributed by atoms with Crippen LogP contribution in [0.15, 0.2) is 30.9 Å². The highest BCUT2D eigenvalue weighted by molar-refractivity contribution is 5.92. The fourth-order valence-electron chi connectivity index (χ4n) is 3.03. The number of anilines is 1. The molecule has 124 valence electrons. The molecule has 2 aromatic heterocycles. The van der Waals surface area contributed by atoms with Gasteiger partial charge >= 0.3 is 0 Å². The van der Waals surface area contributed by atoms with Crippen LogP contribution in [0.5, 0.6) is 0 Å². The maximum atomic E-state index is 12.6. The van der Waals surface area contributed by atoms with Crippen molar-refractivity contribution in [2.75, 3.05) is 25.0 Å². The van der Waals surface area contributed by atoms with E-state index in [1.165, 1.54) is 0 Å². The fraction of sp³-hybridized carbons (Fsp3) is 0.412. The van der Waals surface area contributed by atoms with Crippen LogP contribution in [0, 0.1) is 11.3 Å². The summed E-state index contributed by atoms with van der Waals surface area (Å²) in [5, 5.41) is 8.84. The lowest BCUT2D eigenvalue weighted by Gasteiger charge is -2.37. The first-order chi connectivity index (χ1) is 11.6. The maximum absolute atomic E-state index is 12.6. The Bertz CT molecular complexity index is 752. The van der Waals surface area contributed by atoms with E-state index in [9.17, 15) is 4.79 Å². The number of hydrogen-bond donors (Lipinski definition) is 0. The SMILES string of the molecule is CN(C(=O)c1cncn1C)C1CCN(c2ccc(C#N)cn2)CC1. The van der Waals surface area contributed by atoms with Crippen molar-refractivity contribution in [1.29, 1.82) is 5.26 Å². The van der Waals surface area contributed by atoms with Crippen molar-refractivity contribution < 1.29 is 4.79 Å². The first-order valence-electron chi connectivity index (χ1n) is 7.94. The van der Waals surface area contributed by atoms with E-state index in [2.05, 4.69) is 20.9 Å². The fourth-order valence-corrected chi connectivity index (χ4v) is 3.03. The second kappa shape index (κ2) is 6.71. The molecule has 1 amide bonds. The highest BCUT2D eigenvalue weighted by Crippen LogP contribution is 2.21. The Morgan fingerprint density at radius 3 is 2.62 bits per heavy atom. The zero-order chi connectivity index (χ0) is 17.1. The second-order valence-electron chi connectivity index (χ2n) is 6.04. The number of imidazole rings is 1. The number of aryl methyl sites for hydroxylation is 1. The van der Waals surface area contributed by atoms with Crippen LogP contribution in [-0.4, -0.2) is 51.5 Å². The molecule has 3 heterocycles. The molecule has 1 aliphatic heterocycles. The van der Waals surface area contributed by atoms with Gasteiger partial charge in [0.2, 0.25) is 0 Å². The number of carbonyl (C=O) groups excluding carboxylic acids is 1. The minimum atomic E-state index is 0.00458. The number of nitrogens with zero attached hydrogens (tertiary/aromatic N) is 6. The number of piperidine rings is 1. The third-order valence-electron chi connectivity index (χ3n) is 4.57. The molecule has 0 saturated carbocycles. The molecule has 0 radical (unpaired) electrons. The summed E-state index contributed by atoms with van der Waals surface area (Å²) in [6.45, 7) is 1.68. The molecule has 0 spiro atoms. The van der Waals surface area contributed by atoms with Crippen LogP contribution in [-0.2, 0) is 7.05 Å². The van der Waals surface area contributed by atoms with E-state index in [0.29, 0.717) is 11.3 Å². The number of rotatable bonds is 3. The molecule has 0 N–H and O–H groups in total. The number of aromatic nitrogens is 3. The average molecular weight is 324 g/mol. The Balaban J connectivity index is 1.61. The quantitative estimate of drug-likeness (QED) is 0.853. The summed E-state index contributed by atoms with van der Waals surface area (Å²) in [6.07, 6.45) is 6.62. The lowest BCUT2D eigenvalue weighted by Crippen LogP contribution is -2.46. The van der Waals surface area contributed by atoms with Crippen LogP contribution in [0.3, 0.4) is 0 Å². The van der Waals surface area contributed by atoms with Crippen molar-refractivity contribution in [3.8, 4) is 6.07 Å². The lowest BCUT2D eigenvalue weighted by molar-refractivity contribution is 0.0699. The van der Waals surface area contributed by atoms with Crippen molar-refractivity contribution in [3.63, 3.8) is 0 Å². The van der Waals surface area contributed by atoms with Gasteiger partial charge in [0, 0.05) is 39.4 Å². The number of pyridine rings is 1. The molecule has 1 fully saturated rings. The van der Waals surface area contributed by atoms with Gasteiger partial charge in [-0.2, -0.15) is 5.26 Å². The van der Waals surface area contributed by atoms with E-state index in [1.54, 1.807) is 29.4 Å². The van der Waals surface area contributed by atoms with Crippen LogP contribution in [0.1, 0.15) is 28.9 Å². The zero-order valence-corrected chi connectivity index (χ0v) is 13.9. The molecule has 2 aromatic rings. The minimum absolute atomic E-state index is 0.00458. The van der Waals surface area contributed by atoms with E-state index in [4.69, 9.17) is 5.26 Å². The van der Waals surface area contributed by atoms with Gasteiger partial charge in [0.1, 0.15) is 17.6 Å². The van der Waals surface area contributed by atoms with Crippen LogP contribution in [0.2, 0.25) is 0 Å². The highest BCUT2D eigenvalue weighted by atomic mass is 16.2. The average Bonchev–Trinajstić information content (AvgIpc) is 3.06. The zero-order valence-electron chi connectivity index (χ0n) is 13.9. The van der Waals surface area contributed by atoms with Crippen LogP contribution < -0.4 is 4.90 Å². The Morgan fingerprint density at radius 1 is 1.33 bits per heavy atom. The van der Waals surface area contributed by atoms with Gasteiger partial charge in [-0.3, -0.25) is 4.79 Å². The van der Waals surface area contributed by atoms with Crippen molar-refractivity contribution in [3.05, 3.63) is 42.1 Å². The second-order valence-corrected chi connectivity index (χ2v) is 6.04. The largest absolute Gasteiger partial charge is 0.356 e. The van der Waals surface area contributed by atoms with E-state index in [1.807, 2.05) is 25.1 Å². The molecule has 7 nitrogen and oxygen atoms in total. The molecule has 24 heavy (non-hydrogen) atoms. The topological polar surface area (TPSA) is 78.0 Å². The summed E-state index contributed by atoms with van der Waals surface area (Å²) in [5.74, 6) is 0.887. The molecule has 0 bridgehead atoms. The summed E-state index contributed by atoms with van der Waals surface area (Å²) in [5.41, 5.74) is 1.17. The van der Waals surface area contributed by atoms with Crippen molar-refractivity contribution in [2.24, 2.45) is 7.05 Å². The van der Waals surface area contributed by atoms with E-state index in [0.717, 1.165) is 31.7 Å². The molecular weight excluding hydrogens is 304 g/mol. The van der Waals surface area contributed by atoms with E-state index in [-0.39, 0.29) is 11.9 Å². The number of carbonyl (C=O) groups is 1. The number of amides is 1. The first kappa shape index (κ1) is 16.0. The van der Waals surface area contributed by atoms with Crippen LogP contribution in [0.4, 0.5) is 5.82 Å². The smallest absolute Gasteiger partial charge is 0.272 e. The van der Waals surface area contributed by atoms with Gasteiger partial charge in [-0.15, -0.1) is 0 Å². The van der Waals surface area contributed by atoms with E-state index < -0.39 is 0 Å². The van der Waals surface area contributed by atoms with Crippen molar-refractivity contribution >= 4 is 11.7 Å². The lowest BCUT2D eigenvalue weighted by atomic mass is 10.0. The highest BCUT2D eigenvalue weighted by Gasteiger charge is 2.27. The molecule has 3 rings (SSSR count). The van der Waals surface area contributed by atoms with Gasteiger partial charge in [-0.1, -0.05) is 0 Å². The van der Waals surface area contributed by atoms with Crippen LogP contribution >= 0.6 is 0 Å². The standard InChI is InChI=1S/C17H20N6O/c1-21-12-19-11-15(21)17(24)22(2)14-5-7-23(8-6-14)16-4-3-13(9-18)10-20-16/h3-4,10-12,14H,5-8H2,1-2H3. The summed E-state index contributed by atoms with van der Waals surface area (Å²) in [4.78, 5) is 24.9. The minimum Gasteiger partial charge on any atom is -0.356 e.